The number of ketones is 2. The number of carboxylic acids is 1. The van der Waals surface area contributed by atoms with Gasteiger partial charge in [0, 0.05) is 6.42 Å². The quantitative estimate of drug-likeness (QED) is 0.354. The van der Waals surface area contributed by atoms with Crippen LogP contribution >= 0.6 is 0 Å². The van der Waals surface area contributed by atoms with Gasteiger partial charge in [0.2, 0.25) is 5.78 Å². The molecule has 0 bridgehead atoms. The van der Waals surface area contributed by atoms with Gasteiger partial charge in [-0.15, -0.1) is 0 Å². The topological polar surface area (TPSA) is 71.4 Å². The van der Waals surface area contributed by atoms with Crippen LogP contribution in [0.1, 0.15) is 58.3 Å². The molecule has 0 amide bonds. The fourth-order valence-corrected chi connectivity index (χ4v) is 1.48. The Labute approximate surface area is 96.0 Å². The highest BCUT2D eigenvalue weighted by molar-refractivity contribution is 6.61. The van der Waals surface area contributed by atoms with E-state index < -0.39 is 17.5 Å². The van der Waals surface area contributed by atoms with Crippen LogP contribution in [-0.4, -0.2) is 22.6 Å². The van der Waals surface area contributed by atoms with Crippen molar-refractivity contribution in [2.45, 2.75) is 58.3 Å². The first-order valence-electron chi connectivity index (χ1n) is 5.90. The molecule has 0 rings (SSSR count). The summed E-state index contributed by atoms with van der Waals surface area (Å²) in [6.07, 6.45) is 7.41. The molecule has 0 heterocycles. The fraction of sp³-hybridized carbons (Fsp3) is 0.750. The lowest BCUT2D eigenvalue weighted by molar-refractivity contribution is -0.152. The highest BCUT2D eigenvalue weighted by Crippen LogP contribution is 2.08. The van der Waals surface area contributed by atoms with Crippen LogP contribution in [0.15, 0.2) is 0 Å². The Hall–Kier alpha value is -1.19. The lowest BCUT2D eigenvalue weighted by Crippen LogP contribution is -2.22. The van der Waals surface area contributed by atoms with Crippen LogP contribution < -0.4 is 0 Å². The second-order valence-corrected chi connectivity index (χ2v) is 3.93. The minimum absolute atomic E-state index is 0.0684. The summed E-state index contributed by atoms with van der Waals surface area (Å²) in [5.41, 5.74) is 0. The molecule has 0 unspecified atom stereocenters. The summed E-state index contributed by atoms with van der Waals surface area (Å²) in [5, 5.41) is 8.28. The Morgan fingerprint density at radius 3 is 1.88 bits per heavy atom. The van der Waals surface area contributed by atoms with Crippen LogP contribution in [0.2, 0.25) is 0 Å². The first-order chi connectivity index (χ1) is 7.59. The standard InChI is InChI=1S/C12H20O4/c1-2-3-4-5-6-7-8-9-10(13)11(14)12(15)16/h2-9H2,1H3,(H,15,16). The molecule has 0 aliphatic heterocycles. The van der Waals surface area contributed by atoms with Gasteiger partial charge in [-0.3, -0.25) is 9.59 Å². The van der Waals surface area contributed by atoms with Crippen LogP contribution in [-0.2, 0) is 14.4 Å². The van der Waals surface area contributed by atoms with Crippen molar-refractivity contribution in [2.24, 2.45) is 0 Å². The van der Waals surface area contributed by atoms with Crippen LogP contribution in [0, 0.1) is 0 Å². The first-order valence-corrected chi connectivity index (χ1v) is 5.90. The van der Waals surface area contributed by atoms with Crippen molar-refractivity contribution in [1.29, 1.82) is 0 Å². The molecule has 92 valence electrons. The largest absolute Gasteiger partial charge is 0.475 e. The average Bonchev–Trinajstić information content (AvgIpc) is 2.26. The van der Waals surface area contributed by atoms with Gasteiger partial charge < -0.3 is 5.11 Å². The fourth-order valence-electron chi connectivity index (χ4n) is 1.48. The number of hydrogen-bond donors (Lipinski definition) is 1. The summed E-state index contributed by atoms with van der Waals surface area (Å²) < 4.78 is 0. The van der Waals surface area contributed by atoms with Crippen molar-refractivity contribution < 1.29 is 19.5 Å². The number of carboxylic acid groups (broad SMARTS) is 1. The minimum atomic E-state index is -1.65. The van der Waals surface area contributed by atoms with E-state index in [-0.39, 0.29) is 6.42 Å². The zero-order chi connectivity index (χ0) is 12.4. The molecular weight excluding hydrogens is 208 g/mol. The summed E-state index contributed by atoms with van der Waals surface area (Å²) in [7, 11) is 0. The smallest absolute Gasteiger partial charge is 0.380 e. The lowest BCUT2D eigenvalue weighted by atomic mass is 10.1. The zero-order valence-electron chi connectivity index (χ0n) is 9.83. The van der Waals surface area contributed by atoms with E-state index in [1.807, 2.05) is 0 Å². The van der Waals surface area contributed by atoms with Gasteiger partial charge in [0.05, 0.1) is 0 Å². The van der Waals surface area contributed by atoms with Crippen molar-refractivity contribution in [3.05, 3.63) is 0 Å². The minimum Gasteiger partial charge on any atom is -0.475 e. The van der Waals surface area contributed by atoms with E-state index in [4.69, 9.17) is 5.11 Å². The van der Waals surface area contributed by atoms with Crippen molar-refractivity contribution in [3.8, 4) is 0 Å². The third-order valence-corrected chi connectivity index (χ3v) is 2.45. The third-order valence-electron chi connectivity index (χ3n) is 2.45. The maximum Gasteiger partial charge on any atom is 0.380 e. The monoisotopic (exact) mass is 228 g/mol. The van der Waals surface area contributed by atoms with Gasteiger partial charge >= 0.3 is 11.8 Å². The number of carbonyl (C=O) groups excluding carboxylic acids is 2. The van der Waals surface area contributed by atoms with Crippen LogP contribution in [0.3, 0.4) is 0 Å². The van der Waals surface area contributed by atoms with E-state index in [1.165, 1.54) is 19.3 Å². The molecule has 0 saturated heterocycles. The highest BCUT2D eigenvalue weighted by Gasteiger charge is 2.20. The molecule has 0 aromatic heterocycles. The van der Waals surface area contributed by atoms with Crippen LogP contribution in [0.25, 0.3) is 0 Å². The van der Waals surface area contributed by atoms with E-state index >= 15 is 0 Å². The Balaban J connectivity index is 3.42. The molecule has 4 heteroatoms. The van der Waals surface area contributed by atoms with Crippen molar-refractivity contribution in [3.63, 3.8) is 0 Å². The summed E-state index contributed by atoms with van der Waals surface area (Å²) in [4.78, 5) is 31.9. The van der Waals surface area contributed by atoms with Crippen LogP contribution in [0.5, 0.6) is 0 Å². The number of carbonyl (C=O) groups is 3. The molecule has 0 aromatic carbocycles. The normalized spacial score (nSPS) is 10.1. The Morgan fingerprint density at radius 1 is 0.875 bits per heavy atom. The number of aliphatic carboxylic acids is 1. The molecule has 0 spiro atoms. The molecule has 0 aliphatic carbocycles. The molecule has 16 heavy (non-hydrogen) atoms. The van der Waals surface area contributed by atoms with Gasteiger partial charge in [-0.25, -0.2) is 4.79 Å². The van der Waals surface area contributed by atoms with Crippen molar-refractivity contribution in [2.75, 3.05) is 0 Å². The van der Waals surface area contributed by atoms with E-state index in [2.05, 4.69) is 6.92 Å². The predicted molar refractivity (Wildman–Crippen MR) is 60.3 cm³/mol. The number of unbranched alkanes of at least 4 members (excludes halogenated alkanes) is 6. The SMILES string of the molecule is CCCCCCCCCC(=O)C(=O)C(=O)O. The Kier molecular flexibility index (Phi) is 8.39. The maximum atomic E-state index is 11.0. The summed E-state index contributed by atoms with van der Waals surface area (Å²) >= 11 is 0. The lowest BCUT2D eigenvalue weighted by Gasteiger charge is -1.99. The maximum absolute atomic E-state index is 11.0. The molecule has 1 N–H and O–H groups in total. The third kappa shape index (κ3) is 7.15. The van der Waals surface area contributed by atoms with E-state index in [0.717, 1.165) is 19.3 Å². The first kappa shape index (κ1) is 14.8. The summed E-state index contributed by atoms with van der Waals surface area (Å²) in [6, 6.07) is 0. The Bertz CT molecular complexity index is 245. The second-order valence-electron chi connectivity index (χ2n) is 3.93. The average molecular weight is 228 g/mol. The van der Waals surface area contributed by atoms with E-state index in [1.54, 1.807) is 0 Å². The van der Waals surface area contributed by atoms with E-state index in [9.17, 15) is 14.4 Å². The summed E-state index contributed by atoms with van der Waals surface area (Å²) in [6.45, 7) is 2.15. The zero-order valence-corrected chi connectivity index (χ0v) is 9.83. The van der Waals surface area contributed by atoms with Gasteiger partial charge in [-0.1, -0.05) is 45.4 Å². The number of Topliss-reactive ketones (excluding diaryl/α,β-unsaturated/α-hetero) is 2. The van der Waals surface area contributed by atoms with Gasteiger partial charge in [0.1, 0.15) is 0 Å². The number of rotatable bonds is 10. The van der Waals surface area contributed by atoms with Gasteiger partial charge in [0.15, 0.2) is 0 Å². The molecule has 0 saturated carbocycles. The molecule has 0 radical (unpaired) electrons. The van der Waals surface area contributed by atoms with Gasteiger partial charge in [0.25, 0.3) is 0 Å². The summed E-state index contributed by atoms with van der Waals surface area (Å²) in [5.74, 6) is -3.71. The predicted octanol–water partition coefficient (Wildman–Crippen LogP) is 2.35. The second kappa shape index (κ2) is 9.07. The van der Waals surface area contributed by atoms with Gasteiger partial charge in [-0.05, 0) is 6.42 Å². The molecule has 0 aliphatic rings. The van der Waals surface area contributed by atoms with Crippen LogP contribution in [0.4, 0.5) is 0 Å². The Morgan fingerprint density at radius 2 is 1.38 bits per heavy atom. The van der Waals surface area contributed by atoms with E-state index in [0.29, 0.717) is 6.42 Å². The van der Waals surface area contributed by atoms with Crippen molar-refractivity contribution in [1.82, 2.24) is 0 Å². The van der Waals surface area contributed by atoms with Crippen molar-refractivity contribution >= 4 is 17.5 Å². The molecule has 0 aromatic rings. The van der Waals surface area contributed by atoms with Gasteiger partial charge in [-0.2, -0.15) is 0 Å². The molecule has 4 nitrogen and oxygen atoms in total. The number of hydrogen-bond acceptors (Lipinski definition) is 3. The molecular formula is C12H20O4. The molecule has 0 atom stereocenters. The molecule has 0 fully saturated rings. The highest BCUT2D eigenvalue weighted by atomic mass is 16.4.